The van der Waals surface area contributed by atoms with Gasteiger partial charge in [-0.15, -0.1) is 0 Å². The summed E-state index contributed by atoms with van der Waals surface area (Å²) in [4.78, 5) is 12.3. The zero-order valence-corrected chi connectivity index (χ0v) is 16.7. The molecule has 2 rings (SSSR count). The zero-order chi connectivity index (χ0) is 20.0. The second-order valence-corrected chi connectivity index (χ2v) is 8.01. The summed E-state index contributed by atoms with van der Waals surface area (Å²) in [5.41, 5.74) is 2.09. The highest BCUT2D eigenvalue weighted by molar-refractivity contribution is 7.92. The molecular formula is C19H24N2O5S. The van der Waals surface area contributed by atoms with Gasteiger partial charge in [0, 0.05) is 7.05 Å². The molecule has 8 heteroatoms. The number of hydrogen-bond acceptors (Lipinski definition) is 5. The molecule has 0 fully saturated rings. The van der Waals surface area contributed by atoms with Crippen molar-refractivity contribution in [1.82, 2.24) is 5.32 Å². The highest BCUT2D eigenvalue weighted by atomic mass is 32.2. The van der Waals surface area contributed by atoms with E-state index in [1.54, 1.807) is 50.6 Å². The smallest absolute Gasteiger partial charge is 0.231 e. The molecule has 0 saturated heterocycles. The number of carbonyl (C=O) groups excluding carboxylic acids is 1. The van der Waals surface area contributed by atoms with E-state index >= 15 is 0 Å². The first kappa shape index (κ1) is 20.6. The lowest BCUT2D eigenvalue weighted by Crippen LogP contribution is -2.26. The maximum absolute atomic E-state index is 12.3. The zero-order valence-electron chi connectivity index (χ0n) is 15.9. The fraction of sp³-hybridized carbons (Fsp3) is 0.316. The summed E-state index contributed by atoms with van der Waals surface area (Å²) in [5.74, 6) is 1.12. The van der Waals surface area contributed by atoms with E-state index in [1.165, 1.54) is 11.4 Å². The summed E-state index contributed by atoms with van der Waals surface area (Å²) < 4.78 is 34.9. The van der Waals surface area contributed by atoms with Crippen LogP contribution >= 0.6 is 0 Å². The van der Waals surface area contributed by atoms with Crippen LogP contribution in [0, 0.1) is 0 Å². The lowest BCUT2D eigenvalue weighted by molar-refractivity contribution is -0.120. The van der Waals surface area contributed by atoms with Gasteiger partial charge >= 0.3 is 0 Å². The molecular weight excluding hydrogens is 368 g/mol. The van der Waals surface area contributed by atoms with E-state index in [0.717, 1.165) is 17.4 Å². The minimum atomic E-state index is -3.31. The van der Waals surface area contributed by atoms with Crippen molar-refractivity contribution in [1.29, 1.82) is 0 Å². The van der Waals surface area contributed by atoms with E-state index < -0.39 is 10.0 Å². The number of sulfonamides is 1. The third kappa shape index (κ3) is 5.37. The predicted molar refractivity (Wildman–Crippen MR) is 105 cm³/mol. The van der Waals surface area contributed by atoms with Crippen LogP contribution in [0.3, 0.4) is 0 Å². The number of benzene rings is 2. The molecule has 0 saturated carbocycles. The summed E-state index contributed by atoms with van der Waals surface area (Å²) in [6, 6.07) is 12.3. The van der Waals surface area contributed by atoms with Gasteiger partial charge in [0.1, 0.15) is 11.5 Å². The topological polar surface area (TPSA) is 84.9 Å². The molecule has 0 aliphatic carbocycles. The fourth-order valence-electron chi connectivity index (χ4n) is 2.55. The Balaban J connectivity index is 2.01. The molecule has 146 valence electrons. The van der Waals surface area contributed by atoms with Gasteiger partial charge in [0.05, 0.1) is 44.7 Å². The number of anilines is 1. The Kier molecular flexibility index (Phi) is 6.68. The third-order valence-corrected chi connectivity index (χ3v) is 5.36. The van der Waals surface area contributed by atoms with Gasteiger partial charge in [0.2, 0.25) is 15.9 Å². The molecule has 7 nitrogen and oxygen atoms in total. The monoisotopic (exact) mass is 392 g/mol. The number of ether oxygens (including phenoxy) is 2. The Morgan fingerprint density at radius 1 is 1.04 bits per heavy atom. The van der Waals surface area contributed by atoms with E-state index in [2.05, 4.69) is 5.32 Å². The van der Waals surface area contributed by atoms with Gasteiger partial charge in [-0.3, -0.25) is 9.10 Å². The van der Waals surface area contributed by atoms with Crippen LogP contribution in [-0.4, -0.2) is 41.8 Å². The number of nitrogens with zero attached hydrogens (tertiary/aromatic N) is 1. The maximum atomic E-state index is 12.3. The lowest BCUT2D eigenvalue weighted by Gasteiger charge is -2.17. The molecule has 0 atom stereocenters. The number of rotatable bonds is 8. The molecule has 0 heterocycles. The predicted octanol–water partition coefficient (Wildman–Crippen LogP) is 1.96. The van der Waals surface area contributed by atoms with Crippen LogP contribution < -0.4 is 19.1 Å². The van der Waals surface area contributed by atoms with E-state index in [-0.39, 0.29) is 18.9 Å². The molecule has 0 aromatic heterocycles. The lowest BCUT2D eigenvalue weighted by atomic mass is 10.1. The van der Waals surface area contributed by atoms with Crippen molar-refractivity contribution >= 4 is 21.6 Å². The second-order valence-electron chi connectivity index (χ2n) is 5.99. The van der Waals surface area contributed by atoms with Gasteiger partial charge in [0.25, 0.3) is 0 Å². The van der Waals surface area contributed by atoms with Crippen molar-refractivity contribution in [2.24, 2.45) is 0 Å². The summed E-state index contributed by atoms with van der Waals surface area (Å²) in [6.45, 7) is 0.279. The number of carbonyl (C=O) groups is 1. The van der Waals surface area contributed by atoms with Crippen molar-refractivity contribution in [3.05, 3.63) is 53.6 Å². The largest absolute Gasteiger partial charge is 0.496 e. The molecule has 0 aliphatic rings. The number of hydrogen-bond donors (Lipinski definition) is 1. The molecule has 1 N–H and O–H groups in total. The molecule has 2 aromatic carbocycles. The minimum absolute atomic E-state index is 0.160. The molecule has 0 spiro atoms. The van der Waals surface area contributed by atoms with Crippen molar-refractivity contribution in [3.63, 3.8) is 0 Å². The van der Waals surface area contributed by atoms with Crippen LogP contribution in [0.2, 0.25) is 0 Å². The van der Waals surface area contributed by atoms with Crippen LogP contribution in [0.25, 0.3) is 0 Å². The summed E-state index contributed by atoms with van der Waals surface area (Å²) in [7, 11) is 1.30. The highest BCUT2D eigenvalue weighted by Crippen LogP contribution is 2.27. The highest BCUT2D eigenvalue weighted by Gasteiger charge is 2.13. The Labute approximate surface area is 160 Å². The molecule has 27 heavy (non-hydrogen) atoms. The van der Waals surface area contributed by atoms with Crippen LogP contribution in [0.4, 0.5) is 5.69 Å². The summed E-state index contributed by atoms with van der Waals surface area (Å²) in [6.07, 6.45) is 1.32. The van der Waals surface area contributed by atoms with Crippen molar-refractivity contribution in [2.45, 2.75) is 13.0 Å². The summed E-state index contributed by atoms with van der Waals surface area (Å²) >= 11 is 0. The molecule has 2 aromatic rings. The van der Waals surface area contributed by atoms with Gasteiger partial charge < -0.3 is 14.8 Å². The summed E-state index contributed by atoms with van der Waals surface area (Å²) in [5, 5.41) is 2.85. The van der Waals surface area contributed by atoms with E-state index in [0.29, 0.717) is 17.2 Å². The quantitative estimate of drug-likeness (QED) is 0.742. The minimum Gasteiger partial charge on any atom is -0.496 e. The van der Waals surface area contributed by atoms with Crippen molar-refractivity contribution in [2.75, 3.05) is 31.8 Å². The maximum Gasteiger partial charge on any atom is 0.231 e. The first-order valence-corrected chi connectivity index (χ1v) is 10.1. The van der Waals surface area contributed by atoms with E-state index in [1.807, 2.05) is 6.07 Å². The fourth-order valence-corrected chi connectivity index (χ4v) is 3.06. The van der Waals surface area contributed by atoms with Crippen molar-refractivity contribution < 1.29 is 22.7 Å². The molecule has 0 radical (unpaired) electrons. The number of methoxy groups -OCH3 is 2. The van der Waals surface area contributed by atoms with E-state index in [4.69, 9.17) is 9.47 Å². The van der Waals surface area contributed by atoms with E-state index in [9.17, 15) is 13.2 Å². The van der Waals surface area contributed by atoms with Crippen LogP contribution in [0.15, 0.2) is 42.5 Å². The molecule has 1 amide bonds. The standard InChI is InChI=1S/C19H24N2O5S/c1-21(27(4,23)24)15-10-8-14(9-11-15)12-19(22)20-13-16-17(25-2)6-5-7-18(16)26-3/h5-11H,12-13H2,1-4H3,(H,20,22). The normalized spacial score (nSPS) is 11.0. The SMILES string of the molecule is COc1cccc(OC)c1CNC(=O)Cc1ccc(N(C)S(C)(=O)=O)cc1. The van der Waals surface area contributed by atoms with Crippen molar-refractivity contribution in [3.8, 4) is 11.5 Å². The molecule has 0 aliphatic heterocycles. The van der Waals surface area contributed by atoms with Gasteiger partial charge in [-0.1, -0.05) is 18.2 Å². The van der Waals surface area contributed by atoms with Crippen LogP contribution in [-0.2, 0) is 27.8 Å². The van der Waals surface area contributed by atoms with Crippen LogP contribution in [0.5, 0.6) is 11.5 Å². The second kappa shape index (κ2) is 8.77. The Hall–Kier alpha value is -2.74. The molecule has 0 bridgehead atoms. The Morgan fingerprint density at radius 3 is 2.07 bits per heavy atom. The third-order valence-electron chi connectivity index (χ3n) is 4.15. The number of nitrogens with one attached hydrogen (secondary N) is 1. The first-order valence-electron chi connectivity index (χ1n) is 8.25. The number of amides is 1. The Morgan fingerprint density at radius 2 is 1.59 bits per heavy atom. The average molecular weight is 392 g/mol. The average Bonchev–Trinajstić information content (AvgIpc) is 2.65. The van der Waals surface area contributed by atoms with Crippen LogP contribution in [0.1, 0.15) is 11.1 Å². The van der Waals surface area contributed by atoms with Gasteiger partial charge in [-0.05, 0) is 29.8 Å². The Bertz CT molecular complexity index is 873. The van der Waals surface area contributed by atoms with Gasteiger partial charge in [-0.2, -0.15) is 0 Å². The van der Waals surface area contributed by atoms with Gasteiger partial charge in [0.15, 0.2) is 0 Å². The van der Waals surface area contributed by atoms with Gasteiger partial charge in [-0.25, -0.2) is 8.42 Å². The first-order chi connectivity index (χ1) is 12.8. The molecule has 0 unspecified atom stereocenters.